The van der Waals surface area contributed by atoms with E-state index in [4.69, 9.17) is 16.7 Å². The molecule has 1 aromatic rings. The van der Waals surface area contributed by atoms with E-state index >= 15 is 0 Å². The Morgan fingerprint density at radius 2 is 1.92 bits per heavy atom. The van der Waals surface area contributed by atoms with Gasteiger partial charge in [0.15, 0.2) is 0 Å². The average Bonchev–Trinajstić information content (AvgIpc) is 2.04. The molecule has 3 nitrogen and oxygen atoms in total. The molecule has 0 radical (unpaired) electrons. The molecule has 0 aromatic heterocycles. The second kappa shape index (κ2) is 4.25. The summed E-state index contributed by atoms with van der Waals surface area (Å²) >= 11 is 5.11. The Morgan fingerprint density at radius 3 is 2.38 bits per heavy atom. The summed E-state index contributed by atoms with van der Waals surface area (Å²) in [5.41, 5.74) is 0.562. The summed E-state index contributed by atoms with van der Waals surface area (Å²) in [5, 5.41) is 17.8. The number of benzene rings is 1. The third-order valence-corrected chi connectivity index (χ3v) is 1.79. The van der Waals surface area contributed by atoms with Crippen LogP contribution in [0.3, 0.4) is 0 Å². The molecule has 1 rings (SSSR count). The van der Waals surface area contributed by atoms with Crippen LogP contribution >= 0.6 is 11.6 Å². The topological polar surface area (TPSA) is 57.5 Å². The molecule has 1 atom stereocenters. The van der Waals surface area contributed by atoms with Gasteiger partial charge in [0, 0.05) is 0 Å². The number of aliphatic hydroxyl groups is 1. The third kappa shape index (κ3) is 3.05. The van der Waals surface area contributed by atoms with Gasteiger partial charge >= 0.3 is 0 Å². The number of carbonyl (C=O) groups is 1. The van der Waals surface area contributed by atoms with Crippen LogP contribution in [-0.4, -0.2) is 15.5 Å². The van der Waals surface area contributed by atoms with Gasteiger partial charge in [0.05, 0.1) is 12.5 Å². The molecule has 0 saturated heterocycles. The smallest absolute Gasteiger partial charge is 0.224 e. The lowest BCUT2D eigenvalue weighted by Gasteiger charge is -2.07. The van der Waals surface area contributed by atoms with E-state index in [0.29, 0.717) is 5.56 Å². The Bertz CT molecular complexity index is 294. The van der Waals surface area contributed by atoms with E-state index in [1.807, 2.05) is 0 Å². The third-order valence-electron chi connectivity index (χ3n) is 1.63. The first-order chi connectivity index (χ1) is 6.09. The fourth-order valence-electron chi connectivity index (χ4n) is 0.966. The lowest BCUT2D eigenvalue weighted by atomic mass is 10.1. The Labute approximate surface area is 80.6 Å². The molecule has 1 aromatic carbocycles. The number of rotatable bonds is 3. The van der Waals surface area contributed by atoms with Gasteiger partial charge in [-0.1, -0.05) is 12.1 Å². The highest BCUT2D eigenvalue weighted by Gasteiger charge is 2.10. The number of halogens is 1. The van der Waals surface area contributed by atoms with Crippen LogP contribution in [0, 0.1) is 0 Å². The highest BCUT2D eigenvalue weighted by atomic mass is 35.5. The average molecular weight is 201 g/mol. The van der Waals surface area contributed by atoms with Crippen molar-refractivity contribution in [1.82, 2.24) is 0 Å². The molecular weight excluding hydrogens is 192 g/mol. The monoisotopic (exact) mass is 200 g/mol. The first-order valence-electron chi connectivity index (χ1n) is 3.75. The lowest BCUT2D eigenvalue weighted by molar-refractivity contribution is -0.113. The van der Waals surface area contributed by atoms with E-state index in [2.05, 4.69) is 0 Å². The summed E-state index contributed by atoms with van der Waals surface area (Å²) in [7, 11) is 0. The second-order valence-electron chi connectivity index (χ2n) is 2.67. The molecule has 70 valence electrons. The normalized spacial score (nSPS) is 12.5. The van der Waals surface area contributed by atoms with Crippen molar-refractivity contribution in [2.24, 2.45) is 0 Å². The van der Waals surface area contributed by atoms with Crippen LogP contribution in [0.2, 0.25) is 0 Å². The van der Waals surface area contributed by atoms with Crippen LogP contribution in [0.5, 0.6) is 5.75 Å². The zero-order valence-electron chi connectivity index (χ0n) is 6.77. The molecule has 0 spiro atoms. The molecule has 0 saturated carbocycles. The van der Waals surface area contributed by atoms with Gasteiger partial charge in [0.25, 0.3) is 0 Å². The van der Waals surface area contributed by atoms with E-state index in [-0.39, 0.29) is 12.2 Å². The Hall–Kier alpha value is -1.06. The largest absolute Gasteiger partial charge is 0.508 e. The zero-order chi connectivity index (χ0) is 9.84. The minimum Gasteiger partial charge on any atom is -0.508 e. The number of phenols is 1. The van der Waals surface area contributed by atoms with Crippen LogP contribution in [0.15, 0.2) is 24.3 Å². The number of carbonyl (C=O) groups excluding carboxylic acids is 1. The number of phenolic OH excluding ortho intramolecular Hbond substituents is 1. The van der Waals surface area contributed by atoms with Gasteiger partial charge in [-0.05, 0) is 29.3 Å². The molecule has 0 aliphatic carbocycles. The maximum atomic E-state index is 10.5. The fourth-order valence-corrected chi connectivity index (χ4v) is 1.11. The molecule has 13 heavy (non-hydrogen) atoms. The summed E-state index contributed by atoms with van der Waals surface area (Å²) in [6.07, 6.45) is -1.02. The lowest BCUT2D eigenvalue weighted by Crippen LogP contribution is -2.01. The summed E-state index contributed by atoms with van der Waals surface area (Å²) in [4.78, 5) is 10.5. The van der Waals surface area contributed by atoms with Crippen molar-refractivity contribution in [1.29, 1.82) is 0 Å². The maximum absolute atomic E-state index is 10.5. The van der Waals surface area contributed by atoms with Crippen molar-refractivity contribution in [3.05, 3.63) is 29.8 Å². The first kappa shape index (κ1) is 10.0. The Morgan fingerprint density at radius 1 is 1.38 bits per heavy atom. The Balaban J connectivity index is 2.71. The molecule has 0 amide bonds. The van der Waals surface area contributed by atoms with Gasteiger partial charge in [-0.3, -0.25) is 4.79 Å². The molecule has 2 N–H and O–H groups in total. The number of aliphatic hydroxyl groups excluding tert-OH is 1. The minimum atomic E-state index is -0.898. The quantitative estimate of drug-likeness (QED) is 0.729. The molecule has 0 heterocycles. The van der Waals surface area contributed by atoms with Gasteiger partial charge in [0.1, 0.15) is 5.75 Å². The second-order valence-corrected chi connectivity index (χ2v) is 3.09. The van der Waals surface area contributed by atoms with E-state index in [1.54, 1.807) is 12.1 Å². The van der Waals surface area contributed by atoms with E-state index in [0.717, 1.165) is 0 Å². The predicted octanol–water partition coefficient (Wildman–Crippen LogP) is 1.58. The van der Waals surface area contributed by atoms with Gasteiger partial charge < -0.3 is 10.2 Å². The summed E-state index contributed by atoms with van der Waals surface area (Å²) in [6, 6.07) is 5.97. The molecule has 0 aliphatic rings. The molecule has 0 bridgehead atoms. The number of hydrogen-bond acceptors (Lipinski definition) is 3. The molecule has 4 heteroatoms. The molecule has 1 unspecified atom stereocenters. The first-order valence-corrected chi connectivity index (χ1v) is 4.12. The van der Waals surface area contributed by atoms with Crippen LogP contribution in [-0.2, 0) is 4.79 Å². The summed E-state index contributed by atoms with van der Waals surface area (Å²) in [5.74, 6) is 0.119. The van der Waals surface area contributed by atoms with Gasteiger partial charge in [-0.2, -0.15) is 0 Å². The highest BCUT2D eigenvalue weighted by molar-refractivity contribution is 6.63. The Kier molecular flexibility index (Phi) is 3.28. The van der Waals surface area contributed by atoms with Gasteiger partial charge in [-0.15, -0.1) is 0 Å². The van der Waals surface area contributed by atoms with E-state index in [9.17, 15) is 9.90 Å². The van der Waals surface area contributed by atoms with Gasteiger partial charge in [0.2, 0.25) is 5.24 Å². The SMILES string of the molecule is O=C(Cl)CC(O)c1ccc(O)cc1. The highest BCUT2D eigenvalue weighted by Crippen LogP contribution is 2.19. The van der Waals surface area contributed by atoms with Crippen molar-refractivity contribution in [3.63, 3.8) is 0 Å². The maximum Gasteiger partial charge on any atom is 0.224 e. The van der Waals surface area contributed by atoms with Gasteiger partial charge in [-0.25, -0.2) is 0 Å². The summed E-state index contributed by atoms with van der Waals surface area (Å²) in [6.45, 7) is 0. The minimum absolute atomic E-state index is 0.119. The predicted molar refractivity (Wildman–Crippen MR) is 48.5 cm³/mol. The molecule has 0 aliphatic heterocycles. The molecular formula is C9H9ClO3. The van der Waals surface area contributed by atoms with E-state index < -0.39 is 11.3 Å². The van der Waals surface area contributed by atoms with Crippen LogP contribution in [0.1, 0.15) is 18.1 Å². The van der Waals surface area contributed by atoms with Crippen LogP contribution in [0.25, 0.3) is 0 Å². The van der Waals surface area contributed by atoms with Crippen molar-refractivity contribution in [3.8, 4) is 5.75 Å². The fraction of sp³-hybridized carbons (Fsp3) is 0.222. The van der Waals surface area contributed by atoms with Crippen molar-refractivity contribution in [2.75, 3.05) is 0 Å². The number of aromatic hydroxyl groups is 1. The van der Waals surface area contributed by atoms with Crippen molar-refractivity contribution in [2.45, 2.75) is 12.5 Å². The standard InChI is InChI=1S/C9H9ClO3/c10-9(13)5-8(12)6-1-3-7(11)4-2-6/h1-4,8,11-12H,5H2. The summed E-state index contributed by atoms with van der Waals surface area (Å²) < 4.78 is 0. The molecule has 0 fully saturated rings. The van der Waals surface area contributed by atoms with Crippen molar-refractivity contribution >= 4 is 16.8 Å². The zero-order valence-corrected chi connectivity index (χ0v) is 7.53. The number of hydrogen-bond donors (Lipinski definition) is 2. The van der Waals surface area contributed by atoms with Crippen molar-refractivity contribution < 1.29 is 15.0 Å². The van der Waals surface area contributed by atoms with Crippen LogP contribution < -0.4 is 0 Å². The van der Waals surface area contributed by atoms with Crippen LogP contribution in [0.4, 0.5) is 0 Å². The van der Waals surface area contributed by atoms with E-state index in [1.165, 1.54) is 12.1 Å².